The third-order valence-electron chi connectivity index (χ3n) is 4.95. The second kappa shape index (κ2) is 8.90. The first-order chi connectivity index (χ1) is 15.6. The van der Waals surface area contributed by atoms with E-state index in [4.69, 9.17) is 4.74 Å². The van der Waals surface area contributed by atoms with Crippen LogP contribution in [-0.4, -0.2) is 49.9 Å². The number of pyridine rings is 1. The number of nitrogens with zero attached hydrogens (tertiary/aromatic N) is 5. The van der Waals surface area contributed by atoms with E-state index in [1.807, 2.05) is 6.92 Å². The maximum absolute atomic E-state index is 12.7. The standard InChI is InChI=1S/C20H19F3N6O3S/c1-10(14-8-26-17(33-14)12-3-4-15(25-7-12)20(21,22)23)27-18-24-6-5-16(28-18)29-13(11(2)30)9-32-19(29)31/h3-8,10-11,13,30H,9H2,1-2H3,(H,24,27,28)/t10-,11+,13?/m0/s1. The number of carbonyl (C=O) groups is 1. The van der Waals surface area contributed by atoms with E-state index in [9.17, 15) is 23.1 Å². The largest absolute Gasteiger partial charge is 0.447 e. The topological polar surface area (TPSA) is 113 Å². The van der Waals surface area contributed by atoms with Crippen molar-refractivity contribution in [3.05, 3.63) is 47.4 Å². The molecule has 0 aromatic carbocycles. The molecule has 1 saturated heterocycles. The SMILES string of the molecule is C[C@H](Nc1nccc(N2C(=O)OCC2[C@@H](C)O)n1)c1cnc(-c2ccc(C(F)(F)F)nc2)s1. The van der Waals surface area contributed by atoms with Crippen LogP contribution in [0.2, 0.25) is 0 Å². The molecule has 3 atom stereocenters. The Kier molecular flexibility index (Phi) is 6.17. The number of aromatic nitrogens is 4. The lowest BCUT2D eigenvalue weighted by molar-refractivity contribution is -0.141. The van der Waals surface area contributed by atoms with Crippen molar-refractivity contribution in [2.75, 3.05) is 16.8 Å². The number of cyclic esters (lactones) is 1. The van der Waals surface area contributed by atoms with Gasteiger partial charge in [0, 0.05) is 29.0 Å². The molecule has 0 aliphatic carbocycles. The van der Waals surface area contributed by atoms with Crippen molar-refractivity contribution in [2.45, 2.75) is 38.2 Å². The van der Waals surface area contributed by atoms with Gasteiger partial charge in [0.2, 0.25) is 5.95 Å². The van der Waals surface area contributed by atoms with E-state index >= 15 is 0 Å². The number of rotatable bonds is 6. The highest BCUT2D eigenvalue weighted by atomic mass is 32.1. The summed E-state index contributed by atoms with van der Waals surface area (Å²) in [5.41, 5.74) is -0.490. The smallest absolute Gasteiger partial charge is 0.433 e. The summed E-state index contributed by atoms with van der Waals surface area (Å²) < 4.78 is 43.2. The zero-order valence-corrected chi connectivity index (χ0v) is 18.3. The van der Waals surface area contributed by atoms with Crippen LogP contribution in [0.25, 0.3) is 10.6 Å². The molecule has 0 radical (unpaired) electrons. The molecule has 1 aliphatic rings. The molecule has 4 rings (SSSR count). The number of amides is 1. The summed E-state index contributed by atoms with van der Waals surface area (Å²) in [7, 11) is 0. The lowest BCUT2D eigenvalue weighted by Gasteiger charge is -2.23. The molecule has 33 heavy (non-hydrogen) atoms. The van der Waals surface area contributed by atoms with Gasteiger partial charge in [-0.2, -0.15) is 18.2 Å². The Morgan fingerprint density at radius 2 is 2.00 bits per heavy atom. The number of hydrogen-bond acceptors (Lipinski definition) is 9. The molecule has 9 nitrogen and oxygen atoms in total. The summed E-state index contributed by atoms with van der Waals surface area (Å²) in [6.45, 7) is 3.47. The number of nitrogens with one attached hydrogen (secondary N) is 1. The van der Waals surface area contributed by atoms with Crippen LogP contribution in [-0.2, 0) is 10.9 Å². The molecule has 0 saturated carbocycles. The van der Waals surface area contributed by atoms with Crippen molar-refractivity contribution in [3.8, 4) is 10.6 Å². The molecule has 0 bridgehead atoms. The average molecular weight is 480 g/mol. The molecule has 3 aromatic heterocycles. The van der Waals surface area contributed by atoms with Crippen LogP contribution in [0, 0.1) is 0 Å². The molecule has 13 heteroatoms. The van der Waals surface area contributed by atoms with Crippen molar-refractivity contribution >= 4 is 29.2 Å². The van der Waals surface area contributed by atoms with Crippen molar-refractivity contribution in [2.24, 2.45) is 0 Å². The quantitative estimate of drug-likeness (QED) is 0.546. The van der Waals surface area contributed by atoms with Gasteiger partial charge in [0.1, 0.15) is 29.2 Å². The number of aliphatic hydroxyl groups is 1. The minimum absolute atomic E-state index is 0.0577. The van der Waals surface area contributed by atoms with Gasteiger partial charge in [-0.1, -0.05) is 0 Å². The van der Waals surface area contributed by atoms with E-state index in [2.05, 4.69) is 25.3 Å². The molecule has 4 heterocycles. The summed E-state index contributed by atoms with van der Waals surface area (Å²) in [6.07, 6.45) is -1.67. The summed E-state index contributed by atoms with van der Waals surface area (Å²) in [5.74, 6) is 0.532. The number of halogens is 3. The minimum Gasteiger partial charge on any atom is -0.447 e. The van der Waals surface area contributed by atoms with Crippen molar-refractivity contribution < 1.29 is 27.8 Å². The monoisotopic (exact) mass is 480 g/mol. The van der Waals surface area contributed by atoms with Gasteiger partial charge < -0.3 is 15.2 Å². The molecule has 0 spiro atoms. The zero-order chi connectivity index (χ0) is 23.8. The predicted octanol–water partition coefficient (Wildman–Crippen LogP) is 3.89. The summed E-state index contributed by atoms with van der Waals surface area (Å²) in [5, 5.41) is 13.6. The molecule has 3 aromatic rings. The molecule has 174 valence electrons. The molecule has 2 N–H and O–H groups in total. The lowest BCUT2D eigenvalue weighted by atomic mass is 10.2. The summed E-state index contributed by atoms with van der Waals surface area (Å²) >= 11 is 1.29. The Morgan fingerprint density at radius 1 is 1.21 bits per heavy atom. The van der Waals surface area contributed by atoms with Gasteiger partial charge in [0.15, 0.2) is 0 Å². The maximum Gasteiger partial charge on any atom is 0.433 e. The number of carbonyl (C=O) groups excluding carboxylic acids is 1. The second-order valence-corrected chi connectivity index (χ2v) is 8.42. The molecule has 1 amide bonds. The Hall–Kier alpha value is -3.32. The van der Waals surface area contributed by atoms with Gasteiger partial charge in [-0.25, -0.2) is 14.8 Å². The van der Waals surface area contributed by atoms with E-state index in [0.29, 0.717) is 10.6 Å². The van der Waals surface area contributed by atoms with E-state index in [1.165, 1.54) is 28.5 Å². The van der Waals surface area contributed by atoms with Crippen LogP contribution < -0.4 is 10.2 Å². The van der Waals surface area contributed by atoms with Gasteiger partial charge in [0.05, 0.1) is 12.1 Å². The van der Waals surface area contributed by atoms with Gasteiger partial charge in [0.25, 0.3) is 0 Å². The maximum atomic E-state index is 12.7. The van der Waals surface area contributed by atoms with Gasteiger partial charge in [-0.05, 0) is 32.0 Å². The van der Waals surface area contributed by atoms with Crippen LogP contribution >= 0.6 is 11.3 Å². The highest BCUT2D eigenvalue weighted by molar-refractivity contribution is 7.15. The number of aliphatic hydroxyl groups excluding tert-OH is 1. The normalized spacial score (nSPS) is 18.2. The van der Waals surface area contributed by atoms with Gasteiger partial charge in [-0.3, -0.25) is 9.88 Å². The first-order valence-electron chi connectivity index (χ1n) is 9.86. The second-order valence-electron chi connectivity index (χ2n) is 7.36. The molecule has 1 aliphatic heterocycles. The number of ether oxygens (including phenoxy) is 1. The summed E-state index contributed by atoms with van der Waals surface area (Å²) in [4.78, 5) is 30.5. The van der Waals surface area contributed by atoms with E-state index in [0.717, 1.165) is 17.1 Å². The highest BCUT2D eigenvalue weighted by Crippen LogP contribution is 2.32. The lowest BCUT2D eigenvalue weighted by Crippen LogP contribution is -2.41. The number of alkyl halides is 3. The molecule has 1 fully saturated rings. The first-order valence-corrected chi connectivity index (χ1v) is 10.7. The highest BCUT2D eigenvalue weighted by Gasteiger charge is 2.38. The van der Waals surface area contributed by atoms with Crippen molar-refractivity contribution in [1.29, 1.82) is 0 Å². The van der Waals surface area contributed by atoms with E-state index in [-0.39, 0.29) is 24.4 Å². The minimum atomic E-state index is -4.50. The third kappa shape index (κ3) is 4.88. The fourth-order valence-electron chi connectivity index (χ4n) is 3.18. The van der Waals surface area contributed by atoms with Crippen LogP contribution in [0.5, 0.6) is 0 Å². The van der Waals surface area contributed by atoms with E-state index < -0.39 is 30.1 Å². The van der Waals surface area contributed by atoms with Crippen molar-refractivity contribution in [3.63, 3.8) is 0 Å². The Bertz CT molecular complexity index is 1140. The van der Waals surface area contributed by atoms with Crippen LogP contribution in [0.4, 0.5) is 29.7 Å². The number of anilines is 2. The van der Waals surface area contributed by atoms with E-state index in [1.54, 1.807) is 19.2 Å². The van der Waals surface area contributed by atoms with Crippen LogP contribution in [0.15, 0.2) is 36.8 Å². The average Bonchev–Trinajstić information content (AvgIpc) is 3.41. The summed E-state index contributed by atoms with van der Waals surface area (Å²) in [6, 6.07) is 2.95. The molecular weight excluding hydrogens is 461 g/mol. The van der Waals surface area contributed by atoms with Gasteiger partial charge in [-0.15, -0.1) is 11.3 Å². The van der Waals surface area contributed by atoms with Crippen LogP contribution in [0.1, 0.15) is 30.5 Å². The fraction of sp³-hybridized carbons (Fsp3) is 0.350. The first kappa shape index (κ1) is 22.9. The predicted molar refractivity (Wildman–Crippen MR) is 114 cm³/mol. The fourth-order valence-corrected chi connectivity index (χ4v) is 4.09. The Labute approximate surface area is 190 Å². The zero-order valence-electron chi connectivity index (χ0n) is 17.4. The van der Waals surface area contributed by atoms with Crippen LogP contribution in [0.3, 0.4) is 0 Å². The van der Waals surface area contributed by atoms with Gasteiger partial charge >= 0.3 is 12.3 Å². The number of hydrogen-bond donors (Lipinski definition) is 2. The van der Waals surface area contributed by atoms with Crippen molar-refractivity contribution in [1.82, 2.24) is 19.9 Å². The molecular formula is C20H19F3N6O3S. The number of thiazole rings is 1. The third-order valence-corrected chi connectivity index (χ3v) is 6.18. The Balaban J connectivity index is 1.48. The Morgan fingerprint density at radius 3 is 2.67 bits per heavy atom. The molecule has 1 unspecified atom stereocenters.